The largest absolute Gasteiger partial charge is 0.491 e. The van der Waals surface area contributed by atoms with Crippen LogP contribution < -0.4 is 10.1 Å². The molecule has 0 aromatic heterocycles. The second-order valence-electron chi connectivity index (χ2n) is 5.75. The Bertz CT molecular complexity index is 452. The normalized spacial score (nSPS) is 24.6. The summed E-state index contributed by atoms with van der Waals surface area (Å²) in [6.45, 7) is 6.26. The highest BCUT2D eigenvalue weighted by molar-refractivity contribution is 7.85. The molecule has 1 aliphatic rings. The highest BCUT2D eigenvalue weighted by atomic mass is 32.2. The van der Waals surface area contributed by atoms with Gasteiger partial charge in [0.15, 0.2) is 0 Å². The van der Waals surface area contributed by atoms with E-state index in [1.807, 2.05) is 26.0 Å². The Kier molecular flexibility index (Phi) is 5.61. The number of nitrogens with one attached hydrogen (secondary N) is 1. The summed E-state index contributed by atoms with van der Waals surface area (Å²) in [7, 11) is -0.591. The van der Waals surface area contributed by atoms with E-state index in [4.69, 9.17) is 4.74 Å². The molecule has 0 aliphatic carbocycles. The van der Waals surface area contributed by atoms with E-state index in [0.717, 1.165) is 30.1 Å². The molecule has 20 heavy (non-hydrogen) atoms. The SMILES string of the molecule is CC(C)Oc1cccc(C(C)NC2CCS(=O)CC2)c1. The highest BCUT2D eigenvalue weighted by Gasteiger charge is 2.19. The molecule has 1 unspecified atom stereocenters. The first kappa shape index (κ1) is 15.5. The predicted molar refractivity (Wildman–Crippen MR) is 84.7 cm³/mol. The minimum Gasteiger partial charge on any atom is -0.491 e. The van der Waals surface area contributed by atoms with Crippen molar-refractivity contribution >= 4 is 10.8 Å². The molecule has 1 heterocycles. The third-order valence-electron chi connectivity index (χ3n) is 3.60. The quantitative estimate of drug-likeness (QED) is 0.907. The molecular formula is C16H25NO2S. The van der Waals surface area contributed by atoms with E-state index < -0.39 is 10.8 Å². The first-order valence-electron chi connectivity index (χ1n) is 7.42. The van der Waals surface area contributed by atoms with Crippen LogP contribution in [0.2, 0.25) is 0 Å². The minimum absolute atomic E-state index is 0.196. The Morgan fingerprint density at radius 3 is 2.60 bits per heavy atom. The molecule has 1 aromatic carbocycles. The summed E-state index contributed by atoms with van der Waals surface area (Å²) in [6, 6.07) is 9.06. The Labute approximate surface area is 124 Å². The fourth-order valence-corrected chi connectivity index (χ4v) is 3.84. The van der Waals surface area contributed by atoms with Gasteiger partial charge in [-0.1, -0.05) is 12.1 Å². The van der Waals surface area contributed by atoms with Gasteiger partial charge in [0.25, 0.3) is 0 Å². The summed E-state index contributed by atoms with van der Waals surface area (Å²) in [4.78, 5) is 0. The van der Waals surface area contributed by atoms with Crippen LogP contribution in [0.25, 0.3) is 0 Å². The lowest BCUT2D eigenvalue weighted by Crippen LogP contribution is -2.37. The van der Waals surface area contributed by atoms with Crippen LogP contribution in [0.15, 0.2) is 24.3 Å². The Balaban J connectivity index is 1.94. The van der Waals surface area contributed by atoms with Crippen LogP contribution in [-0.4, -0.2) is 27.9 Å². The molecule has 1 fully saturated rings. The van der Waals surface area contributed by atoms with Crippen molar-refractivity contribution in [1.29, 1.82) is 0 Å². The third kappa shape index (κ3) is 4.60. The number of hydrogen-bond acceptors (Lipinski definition) is 3. The van der Waals surface area contributed by atoms with Gasteiger partial charge in [-0.3, -0.25) is 4.21 Å². The van der Waals surface area contributed by atoms with Crippen molar-refractivity contribution in [2.45, 2.75) is 51.8 Å². The Morgan fingerprint density at radius 2 is 1.95 bits per heavy atom. The number of rotatable bonds is 5. The lowest BCUT2D eigenvalue weighted by molar-refractivity contribution is 0.242. The third-order valence-corrected chi connectivity index (χ3v) is 4.99. The maximum atomic E-state index is 11.4. The average molecular weight is 295 g/mol. The highest BCUT2D eigenvalue weighted by Crippen LogP contribution is 2.22. The van der Waals surface area contributed by atoms with Crippen molar-refractivity contribution in [3.8, 4) is 5.75 Å². The van der Waals surface area contributed by atoms with E-state index in [-0.39, 0.29) is 6.10 Å². The molecular weight excluding hydrogens is 270 g/mol. The molecule has 0 amide bonds. The lowest BCUT2D eigenvalue weighted by Gasteiger charge is -2.26. The molecule has 1 atom stereocenters. The second kappa shape index (κ2) is 7.23. The van der Waals surface area contributed by atoms with E-state index in [0.29, 0.717) is 12.1 Å². The van der Waals surface area contributed by atoms with Crippen molar-refractivity contribution in [3.05, 3.63) is 29.8 Å². The van der Waals surface area contributed by atoms with Crippen LogP contribution in [0.1, 0.15) is 45.2 Å². The van der Waals surface area contributed by atoms with E-state index in [2.05, 4.69) is 24.4 Å². The molecule has 2 rings (SSSR count). The van der Waals surface area contributed by atoms with Gasteiger partial charge in [0.05, 0.1) is 6.10 Å². The molecule has 0 bridgehead atoms. The van der Waals surface area contributed by atoms with Crippen LogP contribution in [0, 0.1) is 0 Å². The molecule has 1 aromatic rings. The number of ether oxygens (including phenoxy) is 1. The maximum absolute atomic E-state index is 11.4. The fraction of sp³-hybridized carbons (Fsp3) is 0.625. The van der Waals surface area contributed by atoms with Gasteiger partial charge in [-0.25, -0.2) is 0 Å². The molecule has 3 nitrogen and oxygen atoms in total. The number of hydrogen-bond donors (Lipinski definition) is 1. The summed E-state index contributed by atoms with van der Waals surface area (Å²) in [5, 5.41) is 3.65. The summed E-state index contributed by atoms with van der Waals surface area (Å²) in [5.74, 6) is 2.60. The predicted octanol–water partition coefficient (Wildman–Crippen LogP) is 3.04. The van der Waals surface area contributed by atoms with E-state index in [1.165, 1.54) is 5.56 Å². The standard InChI is InChI=1S/C16H25NO2S/c1-12(2)19-16-6-4-5-14(11-16)13(3)17-15-7-9-20(18)10-8-15/h4-6,11-13,15,17H,7-10H2,1-3H3. The van der Waals surface area contributed by atoms with Crippen molar-refractivity contribution in [2.75, 3.05) is 11.5 Å². The van der Waals surface area contributed by atoms with Gasteiger partial charge in [-0.15, -0.1) is 0 Å². The zero-order chi connectivity index (χ0) is 14.5. The monoisotopic (exact) mass is 295 g/mol. The zero-order valence-corrected chi connectivity index (χ0v) is 13.4. The van der Waals surface area contributed by atoms with Crippen LogP contribution in [0.4, 0.5) is 0 Å². The summed E-state index contributed by atoms with van der Waals surface area (Å²) < 4.78 is 17.1. The summed E-state index contributed by atoms with van der Waals surface area (Å²) >= 11 is 0. The molecule has 0 saturated carbocycles. The van der Waals surface area contributed by atoms with Gasteiger partial charge in [-0.05, 0) is 51.3 Å². The van der Waals surface area contributed by atoms with Crippen LogP contribution >= 0.6 is 0 Å². The molecule has 1 saturated heterocycles. The second-order valence-corrected chi connectivity index (χ2v) is 7.45. The first-order valence-corrected chi connectivity index (χ1v) is 8.91. The first-order chi connectivity index (χ1) is 9.54. The molecule has 1 N–H and O–H groups in total. The topological polar surface area (TPSA) is 38.3 Å². The maximum Gasteiger partial charge on any atom is 0.120 e. The molecule has 1 aliphatic heterocycles. The van der Waals surface area contributed by atoms with Gasteiger partial charge < -0.3 is 10.1 Å². The van der Waals surface area contributed by atoms with Gasteiger partial charge in [-0.2, -0.15) is 0 Å². The van der Waals surface area contributed by atoms with Gasteiger partial charge in [0, 0.05) is 34.4 Å². The fourth-order valence-electron chi connectivity index (χ4n) is 2.54. The Morgan fingerprint density at radius 1 is 1.25 bits per heavy atom. The van der Waals surface area contributed by atoms with Gasteiger partial charge in [0.1, 0.15) is 5.75 Å². The van der Waals surface area contributed by atoms with Gasteiger partial charge >= 0.3 is 0 Å². The average Bonchev–Trinajstić information content (AvgIpc) is 2.41. The Hall–Kier alpha value is -0.870. The number of benzene rings is 1. The smallest absolute Gasteiger partial charge is 0.120 e. The van der Waals surface area contributed by atoms with E-state index in [9.17, 15) is 4.21 Å². The van der Waals surface area contributed by atoms with Gasteiger partial charge in [0.2, 0.25) is 0 Å². The minimum atomic E-state index is -0.591. The van der Waals surface area contributed by atoms with Crippen molar-refractivity contribution in [2.24, 2.45) is 0 Å². The molecule has 0 radical (unpaired) electrons. The van der Waals surface area contributed by atoms with Crippen molar-refractivity contribution in [3.63, 3.8) is 0 Å². The molecule has 0 spiro atoms. The van der Waals surface area contributed by atoms with E-state index in [1.54, 1.807) is 0 Å². The van der Waals surface area contributed by atoms with Crippen molar-refractivity contribution in [1.82, 2.24) is 5.32 Å². The zero-order valence-electron chi connectivity index (χ0n) is 12.6. The van der Waals surface area contributed by atoms with Crippen LogP contribution in [0.5, 0.6) is 5.75 Å². The van der Waals surface area contributed by atoms with E-state index >= 15 is 0 Å². The molecule has 112 valence electrons. The summed E-state index contributed by atoms with van der Waals surface area (Å²) in [5.41, 5.74) is 1.25. The summed E-state index contributed by atoms with van der Waals surface area (Å²) in [6.07, 6.45) is 2.22. The lowest BCUT2D eigenvalue weighted by atomic mass is 10.0. The molecule has 4 heteroatoms. The van der Waals surface area contributed by atoms with Crippen LogP contribution in [0.3, 0.4) is 0 Å². The van der Waals surface area contributed by atoms with Crippen LogP contribution in [-0.2, 0) is 10.8 Å². The van der Waals surface area contributed by atoms with Crippen molar-refractivity contribution < 1.29 is 8.95 Å².